The minimum absolute atomic E-state index is 0.0172. The molecule has 1 aromatic carbocycles. The van der Waals surface area contributed by atoms with Gasteiger partial charge in [-0.05, 0) is 31.9 Å². The first kappa shape index (κ1) is 18.0. The Morgan fingerprint density at radius 1 is 1.32 bits per heavy atom. The van der Waals surface area contributed by atoms with Crippen molar-refractivity contribution in [2.75, 3.05) is 23.4 Å². The quantitative estimate of drug-likeness (QED) is 0.469. The van der Waals surface area contributed by atoms with E-state index in [1.54, 1.807) is 19.9 Å². The molecule has 1 N–H and O–H groups in total. The molecule has 0 radical (unpaired) electrons. The van der Waals surface area contributed by atoms with Gasteiger partial charge in [0.1, 0.15) is 5.69 Å². The predicted molar refractivity (Wildman–Crippen MR) is 85.2 cm³/mol. The number of nitrogens with one attached hydrogen (secondary N) is 1. The Hall–Kier alpha value is -2.09. The van der Waals surface area contributed by atoms with Crippen LogP contribution in [-0.4, -0.2) is 34.9 Å². The first-order valence-corrected chi connectivity index (χ1v) is 7.80. The molecule has 0 aliphatic carbocycles. The standard InChI is InChI=1S/C14H18N2O5S/c1-4-21-13(18)8-22-7-12(17)15-14-10(3)9(2)5-6-11(14)16(19)20/h5-6H,4,7-8H2,1-3H3,(H,15,17). The summed E-state index contributed by atoms with van der Waals surface area (Å²) >= 11 is 1.10. The Morgan fingerprint density at radius 2 is 2.00 bits per heavy atom. The number of rotatable bonds is 7. The summed E-state index contributed by atoms with van der Waals surface area (Å²) in [4.78, 5) is 33.5. The average molecular weight is 326 g/mol. The molecular weight excluding hydrogens is 308 g/mol. The summed E-state index contributed by atoms with van der Waals surface area (Å²) in [5.41, 5.74) is 1.55. The number of amides is 1. The molecule has 0 unspecified atom stereocenters. The highest BCUT2D eigenvalue weighted by Crippen LogP contribution is 2.30. The molecule has 0 aliphatic heterocycles. The van der Waals surface area contributed by atoms with Crippen LogP contribution in [0.25, 0.3) is 0 Å². The van der Waals surface area contributed by atoms with Gasteiger partial charge < -0.3 is 10.1 Å². The van der Waals surface area contributed by atoms with E-state index in [1.165, 1.54) is 6.07 Å². The molecule has 22 heavy (non-hydrogen) atoms. The zero-order chi connectivity index (χ0) is 16.7. The number of aryl methyl sites for hydroxylation is 1. The second-order valence-electron chi connectivity index (χ2n) is 4.50. The third kappa shape index (κ3) is 5.03. The Kier molecular flexibility index (Phi) is 6.84. The van der Waals surface area contributed by atoms with Crippen molar-refractivity contribution in [3.05, 3.63) is 33.4 Å². The summed E-state index contributed by atoms with van der Waals surface area (Å²) in [5, 5.41) is 13.6. The van der Waals surface area contributed by atoms with E-state index in [0.717, 1.165) is 17.3 Å². The molecule has 0 atom stereocenters. The van der Waals surface area contributed by atoms with Gasteiger partial charge in [-0.3, -0.25) is 19.7 Å². The van der Waals surface area contributed by atoms with E-state index in [0.29, 0.717) is 12.2 Å². The highest BCUT2D eigenvalue weighted by Gasteiger charge is 2.19. The lowest BCUT2D eigenvalue weighted by atomic mass is 10.1. The molecule has 0 heterocycles. The summed E-state index contributed by atoms with van der Waals surface area (Å²) in [6.07, 6.45) is 0. The van der Waals surface area contributed by atoms with Gasteiger partial charge in [0.2, 0.25) is 5.91 Å². The van der Waals surface area contributed by atoms with Crippen LogP contribution in [0.3, 0.4) is 0 Å². The molecule has 0 aliphatic rings. The third-order valence-corrected chi connectivity index (χ3v) is 3.84. The lowest BCUT2D eigenvalue weighted by molar-refractivity contribution is -0.384. The largest absolute Gasteiger partial charge is 0.465 e. The molecule has 7 nitrogen and oxygen atoms in total. The van der Waals surface area contributed by atoms with E-state index in [9.17, 15) is 19.7 Å². The molecule has 0 spiro atoms. The summed E-state index contributed by atoms with van der Waals surface area (Å²) in [6.45, 7) is 5.52. The lowest BCUT2D eigenvalue weighted by Gasteiger charge is -2.11. The van der Waals surface area contributed by atoms with Crippen molar-refractivity contribution in [3.63, 3.8) is 0 Å². The van der Waals surface area contributed by atoms with Gasteiger partial charge in [0.15, 0.2) is 0 Å². The van der Waals surface area contributed by atoms with Crippen LogP contribution in [-0.2, 0) is 14.3 Å². The average Bonchev–Trinajstić information content (AvgIpc) is 2.44. The number of hydrogen-bond donors (Lipinski definition) is 1. The molecular formula is C14H18N2O5S. The highest BCUT2D eigenvalue weighted by atomic mass is 32.2. The topological polar surface area (TPSA) is 98.5 Å². The lowest BCUT2D eigenvalue weighted by Crippen LogP contribution is -2.18. The first-order valence-electron chi connectivity index (χ1n) is 6.64. The molecule has 0 saturated carbocycles. The predicted octanol–water partition coefficient (Wildman–Crippen LogP) is 2.45. The van der Waals surface area contributed by atoms with Crippen molar-refractivity contribution in [1.29, 1.82) is 0 Å². The van der Waals surface area contributed by atoms with Gasteiger partial charge in [0.05, 0.1) is 23.0 Å². The minimum atomic E-state index is -0.534. The number of carbonyl (C=O) groups is 2. The fraction of sp³-hybridized carbons (Fsp3) is 0.429. The van der Waals surface area contributed by atoms with Crippen LogP contribution >= 0.6 is 11.8 Å². The maximum absolute atomic E-state index is 11.9. The van der Waals surface area contributed by atoms with E-state index in [4.69, 9.17) is 4.74 Å². The monoisotopic (exact) mass is 326 g/mol. The van der Waals surface area contributed by atoms with E-state index < -0.39 is 16.8 Å². The fourth-order valence-corrected chi connectivity index (χ4v) is 2.33. The summed E-state index contributed by atoms with van der Waals surface area (Å²) in [7, 11) is 0. The minimum Gasteiger partial charge on any atom is -0.465 e. The summed E-state index contributed by atoms with van der Waals surface area (Å²) < 4.78 is 4.75. The van der Waals surface area contributed by atoms with Crippen LogP contribution in [0.15, 0.2) is 12.1 Å². The number of nitrogens with zero attached hydrogens (tertiary/aromatic N) is 1. The van der Waals surface area contributed by atoms with Gasteiger partial charge in [0.25, 0.3) is 5.69 Å². The number of ether oxygens (including phenoxy) is 1. The molecule has 120 valence electrons. The molecule has 1 amide bonds. The molecule has 8 heteroatoms. The van der Waals surface area contributed by atoms with Crippen LogP contribution in [0.1, 0.15) is 18.1 Å². The van der Waals surface area contributed by atoms with Crippen molar-refractivity contribution in [2.45, 2.75) is 20.8 Å². The molecule has 1 aromatic rings. The zero-order valence-corrected chi connectivity index (χ0v) is 13.5. The second-order valence-corrected chi connectivity index (χ2v) is 5.49. The summed E-state index contributed by atoms with van der Waals surface area (Å²) in [6, 6.07) is 3.00. The number of thioether (sulfide) groups is 1. The van der Waals surface area contributed by atoms with Crippen LogP contribution in [0.5, 0.6) is 0 Å². The maximum atomic E-state index is 11.9. The number of nitro groups is 1. The zero-order valence-electron chi connectivity index (χ0n) is 12.7. The maximum Gasteiger partial charge on any atom is 0.315 e. The van der Waals surface area contributed by atoms with Gasteiger partial charge in [-0.2, -0.15) is 0 Å². The van der Waals surface area contributed by atoms with Crippen LogP contribution in [0, 0.1) is 24.0 Å². The molecule has 0 aromatic heterocycles. The van der Waals surface area contributed by atoms with Gasteiger partial charge >= 0.3 is 5.97 Å². The number of nitro benzene ring substituents is 1. The van der Waals surface area contributed by atoms with Crippen molar-refractivity contribution in [1.82, 2.24) is 0 Å². The number of benzene rings is 1. The molecule has 1 rings (SSSR count). The normalized spacial score (nSPS) is 10.1. The van der Waals surface area contributed by atoms with Crippen LogP contribution in [0.2, 0.25) is 0 Å². The number of anilines is 1. The fourth-order valence-electron chi connectivity index (χ4n) is 1.72. The Labute approximate surface area is 132 Å². The molecule has 0 fully saturated rings. The number of esters is 1. The molecule has 0 saturated heterocycles. The van der Waals surface area contributed by atoms with Crippen molar-refractivity contribution in [3.8, 4) is 0 Å². The van der Waals surface area contributed by atoms with Crippen molar-refractivity contribution < 1.29 is 19.2 Å². The number of carbonyl (C=O) groups excluding carboxylic acids is 2. The summed E-state index contributed by atoms with van der Waals surface area (Å²) in [5.74, 6) is -0.705. The van der Waals surface area contributed by atoms with Gasteiger partial charge in [-0.25, -0.2) is 0 Å². The first-order chi connectivity index (χ1) is 10.4. The van der Waals surface area contributed by atoms with Crippen molar-refractivity contribution >= 4 is 35.0 Å². The Morgan fingerprint density at radius 3 is 2.59 bits per heavy atom. The van der Waals surface area contributed by atoms with E-state index in [1.807, 2.05) is 6.92 Å². The van der Waals surface area contributed by atoms with E-state index in [-0.39, 0.29) is 22.9 Å². The van der Waals surface area contributed by atoms with Crippen LogP contribution in [0.4, 0.5) is 11.4 Å². The SMILES string of the molecule is CCOC(=O)CSCC(=O)Nc1c([N+](=O)[O-])ccc(C)c1C. The Bertz CT molecular complexity index is 589. The second kappa shape index (κ2) is 8.38. The van der Waals surface area contributed by atoms with Gasteiger partial charge in [-0.1, -0.05) is 6.07 Å². The van der Waals surface area contributed by atoms with Crippen molar-refractivity contribution in [2.24, 2.45) is 0 Å². The van der Waals surface area contributed by atoms with Gasteiger partial charge in [0, 0.05) is 6.07 Å². The third-order valence-electron chi connectivity index (χ3n) is 2.93. The van der Waals surface area contributed by atoms with Gasteiger partial charge in [-0.15, -0.1) is 11.8 Å². The smallest absolute Gasteiger partial charge is 0.315 e. The van der Waals surface area contributed by atoms with E-state index in [2.05, 4.69) is 5.32 Å². The van der Waals surface area contributed by atoms with E-state index >= 15 is 0 Å². The number of hydrogen-bond acceptors (Lipinski definition) is 6. The molecule has 0 bridgehead atoms. The van der Waals surface area contributed by atoms with Crippen LogP contribution < -0.4 is 5.32 Å². The highest BCUT2D eigenvalue weighted by molar-refractivity contribution is 8.00. The Balaban J connectivity index is 2.70.